The maximum atomic E-state index is 13.2. The van der Waals surface area contributed by atoms with Crippen molar-refractivity contribution in [2.24, 2.45) is 0 Å². The highest BCUT2D eigenvalue weighted by atomic mass is 19.1. The Kier molecular flexibility index (Phi) is 4.03. The number of aryl methyl sites for hydroxylation is 2. The quantitative estimate of drug-likeness (QED) is 0.909. The maximum Gasteiger partial charge on any atom is 0.338 e. The van der Waals surface area contributed by atoms with Crippen LogP contribution in [-0.4, -0.2) is 17.0 Å². The van der Waals surface area contributed by atoms with Gasteiger partial charge in [-0.2, -0.15) is 0 Å². The summed E-state index contributed by atoms with van der Waals surface area (Å²) < 4.78 is 13.2. The topological polar surface area (TPSA) is 66.4 Å². The van der Waals surface area contributed by atoms with Crippen molar-refractivity contribution < 1.29 is 19.1 Å². The molecule has 0 bridgehead atoms. The fraction of sp³-hybridized carbons (Fsp3) is 0.125. The van der Waals surface area contributed by atoms with Crippen LogP contribution < -0.4 is 5.32 Å². The maximum absolute atomic E-state index is 13.2. The first-order valence-electron chi connectivity index (χ1n) is 6.30. The summed E-state index contributed by atoms with van der Waals surface area (Å²) in [6.45, 7) is 3.21. The Morgan fingerprint density at radius 1 is 1.10 bits per heavy atom. The second kappa shape index (κ2) is 5.75. The van der Waals surface area contributed by atoms with Gasteiger partial charge >= 0.3 is 5.97 Å². The van der Waals surface area contributed by atoms with Crippen LogP contribution in [0.25, 0.3) is 0 Å². The van der Waals surface area contributed by atoms with Crippen LogP contribution in [0.3, 0.4) is 0 Å². The number of carbonyl (C=O) groups excluding carboxylic acids is 1. The Morgan fingerprint density at radius 2 is 1.81 bits per heavy atom. The monoisotopic (exact) mass is 287 g/mol. The van der Waals surface area contributed by atoms with Gasteiger partial charge in [0.1, 0.15) is 5.82 Å². The zero-order valence-electron chi connectivity index (χ0n) is 11.6. The van der Waals surface area contributed by atoms with Gasteiger partial charge in [-0.3, -0.25) is 4.79 Å². The summed E-state index contributed by atoms with van der Waals surface area (Å²) in [6.07, 6.45) is 0. The number of carboxylic acids is 1. The average molecular weight is 287 g/mol. The van der Waals surface area contributed by atoms with Crippen LogP contribution in [0, 0.1) is 19.7 Å². The first-order valence-corrected chi connectivity index (χ1v) is 6.30. The third kappa shape index (κ3) is 3.08. The van der Waals surface area contributed by atoms with E-state index in [1.54, 1.807) is 26.0 Å². The molecule has 0 aromatic heterocycles. The van der Waals surface area contributed by atoms with Gasteiger partial charge in [0.2, 0.25) is 0 Å². The number of hydrogen-bond acceptors (Lipinski definition) is 2. The van der Waals surface area contributed by atoms with Gasteiger partial charge in [0, 0.05) is 5.56 Å². The summed E-state index contributed by atoms with van der Waals surface area (Å²) in [6, 6.07) is 8.81. The van der Waals surface area contributed by atoms with Gasteiger partial charge in [0.25, 0.3) is 5.91 Å². The van der Waals surface area contributed by atoms with Crippen LogP contribution in [0.2, 0.25) is 0 Å². The van der Waals surface area contributed by atoms with Crippen LogP contribution in [0.1, 0.15) is 31.8 Å². The Labute approximate surface area is 121 Å². The number of amides is 1. The minimum absolute atomic E-state index is 0.0460. The molecule has 1 amide bonds. The van der Waals surface area contributed by atoms with E-state index in [9.17, 15) is 19.1 Å². The van der Waals surface area contributed by atoms with Crippen LogP contribution in [0.5, 0.6) is 0 Å². The van der Waals surface area contributed by atoms with Gasteiger partial charge in [-0.1, -0.05) is 12.1 Å². The Balaban J connectivity index is 2.34. The third-order valence-corrected chi connectivity index (χ3v) is 3.15. The number of carboxylic acid groups (broad SMARTS) is 1. The Hall–Kier alpha value is -2.69. The number of benzene rings is 2. The van der Waals surface area contributed by atoms with Gasteiger partial charge in [0.15, 0.2) is 0 Å². The smallest absolute Gasteiger partial charge is 0.338 e. The van der Waals surface area contributed by atoms with Crippen molar-refractivity contribution >= 4 is 17.6 Å². The Bertz CT molecular complexity index is 725. The van der Waals surface area contributed by atoms with Gasteiger partial charge in [-0.05, 0) is 49.2 Å². The lowest BCUT2D eigenvalue weighted by Crippen LogP contribution is -2.15. The summed E-state index contributed by atoms with van der Waals surface area (Å²) >= 11 is 0. The lowest BCUT2D eigenvalue weighted by Gasteiger charge is -2.11. The molecule has 0 heterocycles. The average Bonchev–Trinajstić information content (AvgIpc) is 2.41. The van der Waals surface area contributed by atoms with E-state index in [0.717, 1.165) is 0 Å². The molecule has 0 aliphatic heterocycles. The highest BCUT2D eigenvalue weighted by Gasteiger charge is 2.16. The fourth-order valence-corrected chi connectivity index (χ4v) is 2.04. The first-order chi connectivity index (χ1) is 9.90. The predicted octanol–water partition coefficient (Wildman–Crippen LogP) is 3.39. The molecule has 4 nitrogen and oxygen atoms in total. The molecule has 0 aliphatic rings. The van der Waals surface area contributed by atoms with Crippen LogP contribution >= 0.6 is 0 Å². The molecule has 2 aromatic carbocycles. The van der Waals surface area contributed by atoms with Crippen molar-refractivity contribution in [2.45, 2.75) is 13.8 Å². The Morgan fingerprint density at radius 3 is 2.43 bits per heavy atom. The molecule has 5 heteroatoms. The standard InChI is InChI=1S/C16H14FNO3/c1-9-4-3-5-13(14(9)16(20)21)18-15(19)11-6-7-12(17)10(2)8-11/h3-8H,1-2H3,(H,18,19)(H,20,21). The molecule has 0 atom stereocenters. The molecule has 0 radical (unpaired) electrons. The molecule has 0 saturated carbocycles. The first kappa shape index (κ1) is 14.7. The fourth-order valence-electron chi connectivity index (χ4n) is 2.04. The van der Waals surface area contributed by atoms with E-state index in [2.05, 4.69) is 5.32 Å². The normalized spacial score (nSPS) is 10.2. The van der Waals surface area contributed by atoms with Gasteiger partial charge in [0.05, 0.1) is 11.3 Å². The highest BCUT2D eigenvalue weighted by Crippen LogP contribution is 2.20. The van der Waals surface area contributed by atoms with Crippen molar-refractivity contribution in [3.8, 4) is 0 Å². The molecule has 0 spiro atoms. The summed E-state index contributed by atoms with van der Waals surface area (Å²) in [7, 11) is 0. The molecule has 21 heavy (non-hydrogen) atoms. The van der Waals surface area contributed by atoms with E-state index in [1.807, 2.05) is 0 Å². The molecule has 2 N–H and O–H groups in total. The highest BCUT2D eigenvalue weighted by molar-refractivity contribution is 6.08. The number of carbonyl (C=O) groups is 2. The van der Waals surface area contributed by atoms with Crippen LogP contribution in [0.15, 0.2) is 36.4 Å². The molecule has 0 aliphatic carbocycles. The summed E-state index contributed by atoms with van der Waals surface area (Å²) in [4.78, 5) is 23.4. The molecule has 2 aromatic rings. The van der Waals surface area contributed by atoms with Crippen LogP contribution in [-0.2, 0) is 0 Å². The van der Waals surface area contributed by atoms with Gasteiger partial charge in [-0.25, -0.2) is 9.18 Å². The summed E-state index contributed by atoms with van der Waals surface area (Å²) in [5.41, 5.74) is 1.44. The molecule has 108 valence electrons. The van der Waals surface area contributed by atoms with Crippen molar-refractivity contribution in [3.63, 3.8) is 0 Å². The second-order valence-electron chi connectivity index (χ2n) is 4.72. The molecular formula is C16H14FNO3. The van der Waals surface area contributed by atoms with E-state index in [-0.39, 0.29) is 16.8 Å². The van der Waals surface area contributed by atoms with E-state index in [0.29, 0.717) is 11.1 Å². The van der Waals surface area contributed by atoms with Crippen molar-refractivity contribution in [1.82, 2.24) is 0 Å². The number of halogens is 1. The third-order valence-electron chi connectivity index (χ3n) is 3.15. The molecule has 0 fully saturated rings. The number of rotatable bonds is 3. The zero-order valence-corrected chi connectivity index (χ0v) is 11.6. The number of aromatic carboxylic acids is 1. The minimum Gasteiger partial charge on any atom is -0.478 e. The second-order valence-corrected chi connectivity index (χ2v) is 4.72. The van der Waals surface area contributed by atoms with Crippen molar-refractivity contribution in [2.75, 3.05) is 5.32 Å². The summed E-state index contributed by atoms with van der Waals surface area (Å²) in [5, 5.41) is 11.8. The van der Waals surface area contributed by atoms with Crippen LogP contribution in [0.4, 0.5) is 10.1 Å². The molecular weight excluding hydrogens is 273 g/mol. The SMILES string of the molecule is Cc1cc(C(=O)Nc2cccc(C)c2C(=O)O)ccc1F. The lowest BCUT2D eigenvalue weighted by atomic mass is 10.1. The van der Waals surface area contributed by atoms with E-state index in [1.165, 1.54) is 24.3 Å². The van der Waals surface area contributed by atoms with Gasteiger partial charge < -0.3 is 10.4 Å². The van der Waals surface area contributed by atoms with E-state index in [4.69, 9.17) is 0 Å². The molecule has 0 unspecified atom stereocenters. The number of anilines is 1. The number of nitrogens with one attached hydrogen (secondary N) is 1. The van der Waals surface area contributed by atoms with Crippen molar-refractivity contribution in [1.29, 1.82) is 0 Å². The van der Waals surface area contributed by atoms with Crippen molar-refractivity contribution in [3.05, 3.63) is 64.5 Å². The molecule has 2 rings (SSSR count). The zero-order chi connectivity index (χ0) is 15.6. The predicted molar refractivity (Wildman–Crippen MR) is 77.2 cm³/mol. The summed E-state index contributed by atoms with van der Waals surface area (Å²) in [5.74, 6) is -1.99. The van der Waals surface area contributed by atoms with E-state index >= 15 is 0 Å². The minimum atomic E-state index is -1.11. The number of hydrogen-bond donors (Lipinski definition) is 2. The lowest BCUT2D eigenvalue weighted by molar-refractivity contribution is 0.0697. The molecule has 0 saturated heterocycles. The van der Waals surface area contributed by atoms with Gasteiger partial charge in [-0.15, -0.1) is 0 Å². The van der Waals surface area contributed by atoms with E-state index < -0.39 is 17.7 Å². The largest absolute Gasteiger partial charge is 0.478 e.